The first-order valence-electron chi connectivity index (χ1n) is 15.2. The van der Waals surface area contributed by atoms with Gasteiger partial charge in [-0.25, -0.2) is 0 Å². The second-order valence-corrected chi connectivity index (χ2v) is 21.5. The van der Waals surface area contributed by atoms with Gasteiger partial charge in [0.25, 0.3) is 0 Å². The molecule has 2 aromatic rings. The molecule has 0 aliphatic heterocycles. The molecular formula is C34H48NOSiTi. The van der Waals surface area contributed by atoms with E-state index < -0.39 is 24.0 Å². The van der Waals surface area contributed by atoms with Crippen molar-refractivity contribution >= 4 is 22.9 Å². The van der Waals surface area contributed by atoms with E-state index in [2.05, 4.69) is 92.2 Å². The van der Waals surface area contributed by atoms with E-state index in [9.17, 15) is 4.79 Å². The van der Waals surface area contributed by atoms with Crippen molar-refractivity contribution in [3.05, 3.63) is 81.3 Å². The molecule has 2 aromatic carbocycles. The predicted molar refractivity (Wildman–Crippen MR) is 162 cm³/mol. The second-order valence-electron chi connectivity index (χ2n) is 11.7. The molecule has 0 bridgehead atoms. The third-order valence-electron chi connectivity index (χ3n) is 9.22. The normalized spacial score (nSPS) is 20.3. The molecule has 1 N–H and O–H groups in total. The Balaban J connectivity index is 1.70. The SMILES string of the molecule is CC1=C(C)C(C)[C]([Ti]([NH]C(=O)C2CCCCCCCCCCC2)[SiH](c2ccccc2)c2ccccc2)=C1C. The predicted octanol–water partition coefficient (Wildman–Crippen LogP) is 7.36. The molecule has 38 heavy (non-hydrogen) atoms. The van der Waals surface area contributed by atoms with Crippen LogP contribution in [0, 0.1) is 11.8 Å². The van der Waals surface area contributed by atoms with E-state index in [0.717, 1.165) is 12.8 Å². The quantitative estimate of drug-likeness (QED) is 0.367. The van der Waals surface area contributed by atoms with E-state index in [1.165, 1.54) is 84.9 Å². The fourth-order valence-electron chi connectivity index (χ4n) is 6.57. The van der Waals surface area contributed by atoms with E-state index in [-0.39, 0.29) is 5.92 Å². The summed E-state index contributed by atoms with van der Waals surface area (Å²) in [6, 6.07) is 22.4. The second kappa shape index (κ2) is 14.6. The van der Waals surface area contributed by atoms with Crippen molar-refractivity contribution in [3.8, 4) is 0 Å². The van der Waals surface area contributed by atoms with Gasteiger partial charge in [-0.3, -0.25) is 0 Å². The Kier molecular flexibility index (Phi) is 11.3. The third kappa shape index (κ3) is 7.29. The summed E-state index contributed by atoms with van der Waals surface area (Å²) >= 11 is -2.25. The van der Waals surface area contributed by atoms with Crippen LogP contribution in [0.4, 0.5) is 0 Å². The molecule has 2 nitrogen and oxygen atoms in total. The van der Waals surface area contributed by atoms with Crippen LogP contribution in [0.3, 0.4) is 0 Å². The molecule has 0 aromatic heterocycles. The van der Waals surface area contributed by atoms with Crippen LogP contribution in [0.2, 0.25) is 0 Å². The first kappa shape index (κ1) is 29.3. The molecule has 4 heteroatoms. The molecule has 0 saturated heterocycles. The molecule has 1 saturated carbocycles. The van der Waals surface area contributed by atoms with E-state index in [1.807, 2.05) is 0 Å². The van der Waals surface area contributed by atoms with Gasteiger partial charge in [0.2, 0.25) is 0 Å². The van der Waals surface area contributed by atoms with Crippen LogP contribution in [0.1, 0.15) is 98.3 Å². The number of benzene rings is 2. The monoisotopic (exact) mass is 562 g/mol. The van der Waals surface area contributed by atoms with E-state index in [1.54, 1.807) is 3.88 Å². The van der Waals surface area contributed by atoms with E-state index in [4.69, 9.17) is 0 Å². The summed E-state index contributed by atoms with van der Waals surface area (Å²) in [5, 5.41) is 2.95. The van der Waals surface area contributed by atoms with Crippen molar-refractivity contribution in [3.63, 3.8) is 0 Å². The summed E-state index contributed by atoms with van der Waals surface area (Å²) in [5.74, 6) is 0.978. The summed E-state index contributed by atoms with van der Waals surface area (Å²) < 4.78 is 5.56. The molecule has 4 rings (SSSR count). The van der Waals surface area contributed by atoms with Crippen molar-refractivity contribution < 1.29 is 22.2 Å². The van der Waals surface area contributed by atoms with Gasteiger partial charge in [0, 0.05) is 0 Å². The minimum absolute atomic E-state index is 0.172. The average molecular weight is 563 g/mol. The van der Waals surface area contributed by atoms with Gasteiger partial charge in [-0.05, 0) is 0 Å². The Bertz CT molecular complexity index is 1060. The Morgan fingerprint density at radius 1 is 0.711 bits per heavy atom. The first-order valence-corrected chi connectivity index (χ1v) is 21.1. The maximum atomic E-state index is 14.2. The Labute approximate surface area is 239 Å². The van der Waals surface area contributed by atoms with Gasteiger partial charge in [-0.1, -0.05) is 0 Å². The van der Waals surface area contributed by atoms with Crippen molar-refractivity contribution in [1.82, 2.24) is 3.80 Å². The number of hydrogen-bond acceptors (Lipinski definition) is 1. The number of amides is 1. The Morgan fingerprint density at radius 3 is 1.58 bits per heavy atom. The molecule has 0 spiro atoms. The molecule has 2 aliphatic rings. The summed E-state index contributed by atoms with van der Waals surface area (Å²) in [5.41, 5.74) is 4.41. The molecule has 0 radical (unpaired) electrons. The van der Waals surface area contributed by atoms with Crippen molar-refractivity contribution in [2.24, 2.45) is 11.8 Å². The van der Waals surface area contributed by atoms with Crippen LogP contribution in [0.15, 0.2) is 81.3 Å². The first-order chi connectivity index (χ1) is 18.5. The molecule has 2 aliphatic carbocycles. The number of nitrogens with one attached hydrogen (secondary N) is 1. The number of hydrogen-bond donors (Lipinski definition) is 1. The zero-order chi connectivity index (χ0) is 26.9. The average Bonchev–Trinajstić information content (AvgIpc) is 3.12. The van der Waals surface area contributed by atoms with E-state index >= 15 is 0 Å². The molecular weight excluding hydrogens is 514 g/mol. The number of carbonyl (C=O) groups is 1. The molecule has 0 heterocycles. The van der Waals surface area contributed by atoms with Gasteiger partial charge in [0.05, 0.1) is 0 Å². The van der Waals surface area contributed by atoms with E-state index in [0.29, 0.717) is 11.8 Å². The summed E-state index contributed by atoms with van der Waals surface area (Å²) in [7, 11) is 0. The fraction of sp³-hybridized carbons (Fsp3) is 0.500. The van der Waals surface area contributed by atoms with Crippen LogP contribution < -0.4 is 14.2 Å². The van der Waals surface area contributed by atoms with Crippen LogP contribution in [0.5, 0.6) is 0 Å². The topological polar surface area (TPSA) is 29.1 Å². The van der Waals surface area contributed by atoms with Gasteiger partial charge in [-0.2, -0.15) is 0 Å². The van der Waals surface area contributed by atoms with Crippen LogP contribution >= 0.6 is 0 Å². The zero-order valence-corrected chi connectivity index (χ0v) is 26.9. The van der Waals surface area contributed by atoms with Gasteiger partial charge in [-0.15, -0.1) is 0 Å². The molecule has 1 atom stereocenters. The van der Waals surface area contributed by atoms with Gasteiger partial charge >= 0.3 is 240 Å². The minimum atomic E-state index is -2.25. The van der Waals surface area contributed by atoms with Crippen LogP contribution in [-0.2, 0) is 22.2 Å². The third-order valence-corrected chi connectivity index (χ3v) is 22.6. The van der Waals surface area contributed by atoms with Gasteiger partial charge in [0.15, 0.2) is 0 Å². The number of allylic oxidation sites excluding steroid dienone is 4. The molecule has 203 valence electrons. The van der Waals surface area contributed by atoms with Crippen LogP contribution in [0.25, 0.3) is 0 Å². The fourth-order valence-corrected chi connectivity index (χ4v) is 21.8. The number of carbonyl (C=O) groups excluding carboxylic acids is 1. The van der Waals surface area contributed by atoms with Gasteiger partial charge < -0.3 is 0 Å². The summed E-state index contributed by atoms with van der Waals surface area (Å²) in [6.07, 6.45) is 13.9. The summed E-state index contributed by atoms with van der Waals surface area (Å²) in [4.78, 5) is 14.2. The zero-order valence-electron chi connectivity index (χ0n) is 24.2. The standard InChI is InChI=1S/C13H25NO.C12H11Si.C9H13.Ti/c14-13(15)12-10-8-6-4-2-1-3-5-7-9-11-12;1-3-7-11(8-4-1)13-12-9-5-2-6-10-12;1-6-5-7(2)9(4)8(6)3;/h12H,1-11H2,(H2,14,15);1-10,13H;6H,1-4H3;/q;;;+1/p-1. The molecule has 1 fully saturated rings. The summed E-state index contributed by atoms with van der Waals surface area (Å²) in [6.45, 7) is 7.66. The van der Waals surface area contributed by atoms with Crippen molar-refractivity contribution in [1.29, 1.82) is 0 Å². The molecule has 1 unspecified atom stereocenters. The van der Waals surface area contributed by atoms with Gasteiger partial charge in [0.1, 0.15) is 0 Å². The van der Waals surface area contributed by atoms with Crippen LogP contribution in [-0.4, -0.2) is 12.6 Å². The molecule has 1 amide bonds. The Morgan fingerprint density at radius 2 is 1.16 bits per heavy atom. The number of rotatable bonds is 6. The Hall–Kier alpha value is -1.68. The maximum absolute atomic E-state index is 14.2. The van der Waals surface area contributed by atoms with Crippen molar-refractivity contribution in [2.75, 3.05) is 0 Å². The van der Waals surface area contributed by atoms with Crippen molar-refractivity contribution in [2.45, 2.75) is 98.3 Å².